The summed E-state index contributed by atoms with van der Waals surface area (Å²) in [6.07, 6.45) is 3.69. The second-order valence-corrected chi connectivity index (χ2v) is 7.96. The summed E-state index contributed by atoms with van der Waals surface area (Å²) in [5.74, 6) is 0.476. The molecule has 0 bridgehead atoms. The van der Waals surface area contributed by atoms with Crippen LogP contribution in [0.15, 0.2) is 60.8 Å². The first-order chi connectivity index (χ1) is 15.1. The number of likely N-dealkylation sites (tertiary alicyclic amines) is 1. The van der Waals surface area contributed by atoms with Crippen molar-refractivity contribution in [1.82, 2.24) is 24.5 Å². The van der Waals surface area contributed by atoms with Crippen molar-refractivity contribution in [1.29, 1.82) is 0 Å². The first kappa shape index (κ1) is 19.4. The van der Waals surface area contributed by atoms with Crippen molar-refractivity contribution < 1.29 is 9.18 Å². The van der Waals surface area contributed by atoms with Gasteiger partial charge >= 0.3 is 0 Å². The maximum atomic E-state index is 13.6. The number of piperidine rings is 1. The number of hydrogen-bond donors (Lipinski definition) is 0. The second-order valence-electron chi connectivity index (χ2n) is 7.96. The van der Waals surface area contributed by atoms with Crippen molar-refractivity contribution in [2.45, 2.75) is 25.7 Å². The summed E-state index contributed by atoms with van der Waals surface area (Å²) in [6, 6.07) is 15.8. The molecule has 6 nitrogen and oxygen atoms in total. The quantitative estimate of drug-likeness (QED) is 0.502. The Morgan fingerprint density at radius 3 is 2.77 bits per heavy atom. The molecule has 1 saturated heterocycles. The lowest BCUT2D eigenvalue weighted by atomic mass is 9.97. The molecule has 0 saturated carbocycles. The van der Waals surface area contributed by atoms with E-state index in [1.807, 2.05) is 48.4 Å². The summed E-state index contributed by atoms with van der Waals surface area (Å²) in [4.78, 5) is 23.8. The Labute approximate surface area is 179 Å². The van der Waals surface area contributed by atoms with Crippen molar-refractivity contribution in [3.63, 3.8) is 0 Å². The lowest BCUT2D eigenvalue weighted by Crippen LogP contribution is -2.39. The van der Waals surface area contributed by atoms with E-state index >= 15 is 0 Å². The summed E-state index contributed by atoms with van der Waals surface area (Å²) in [5, 5.41) is 4.68. The van der Waals surface area contributed by atoms with Crippen molar-refractivity contribution in [2.24, 2.45) is 0 Å². The van der Waals surface area contributed by atoms with Crippen LogP contribution in [-0.4, -0.2) is 43.5 Å². The molecule has 0 aliphatic carbocycles. The molecule has 156 valence electrons. The molecule has 4 heterocycles. The zero-order valence-corrected chi connectivity index (χ0v) is 17.2. The maximum Gasteiger partial charge on any atom is 0.272 e. The number of benzene rings is 1. The van der Waals surface area contributed by atoms with Crippen LogP contribution in [0.5, 0.6) is 0 Å². The Morgan fingerprint density at radius 1 is 1.06 bits per heavy atom. The van der Waals surface area contributed by atoms with E-state index < -0.39 is 0 Å². The summed E-state index contributed by atoms with van der Waals surface area (Å²) in [6.45, 7) is 3.17. The largest absolute Gasteiger partial charge is 0.337 e. The molecule has 0 radical (unpaired) electrons. The van der Waals surface area contributed by atoms with Gasteiger partial charge in [-0.3, -0.25) is 4.79 Å². The summed E-state index contributed by atoms with van der Waals surface area (Å²) < 4.78 is 15.3. The molecule has 7 heteroatoms. The van der Waals surface area contributed by atoms with Gasteiger partial charge in [0.15, 0.2) is 11.5 Å². The predicted octanol–water partition coefficient (Wildman–Crippen LogP) is 4.26. The van der Waals surface area contributed by atoms with Crippen LogP contribution in [0.4, 0.5) is 4.39 Å². The summed E-state index contributed by atoms with van der Waals surface area (Å²) >= 11 is 0. The number of halogens is 1. The van der Waals surface area contributed by atoms with Gasteiger partial charge in [-0.25, -0.2) is 18.9 Å². The normalized spacial score (nSPS) is 16.6. The smallest absolute Gasteiger partial charge is 0.272 e. The van der Waals surface area contributed by atoms with Gasteiger partial charge in [-0.1, -0.05) is 18.2 Å². The van der Waals surface area contributed by atoms with Gasteiger partial charge in [0.25, 0.3) is 5.91 Å². The minimum absolute atomic E-state index is 0.0504. The van der Waals surface area contributed by atoms with E-state index in [1.165, 1.54) is 12.1 Å². The van der Waals surface area contributed by atoms with E-state index in [4.69, 9.17) is 4.98 Å². The number of carbonyl (C=O) groups is 1. The van der Waals surface area contributed by atoms with Crippen LogP contribution >= 0.6 is 0 Å². The van der Waals surface area contributed by atoms with E-state index in [2.05, 4.69) is 10.1 Å². The van der Waals surface area contributed by atoms with Crippen molar-refractivity contribution in [3.8, 4) is 11.1 Å². The third-order valence-electron chi connectivity index (χ3n) is 5.69. The summed E-state index contributed by atoms with van der Waals surface area (Å²) in [5.41, 5.74) is 3.70. The molecule has 4 aromatic rings. The third kappa shape index (κ3) is 3.91. The van der Waals surface area contributed by atoms with E-state index in [0.29, 0.717) is 18.8 Å². The van der Waals surface area contributed by atoms with E-state index in [0.717, 1.165) is 41.1 Å². The molecular formula is C24H22FN5O. The fourth-order valence-electron chi connectivity index (χ4n) is 4.11. The topological polar surface area (TPSA) is 63.4 Å². The molecule has 31 heavy (non-hydrogen) atoms. The molecular weight excluding hydrogens is 393 g/mol. The number of hydrogen-bond acceptors (Lipinski definition) is 4. The van der Waals surface area contributed by atoms with Crippen LogP contribution < -0.4 is 0 Å². The number of pyridine rings is 2. The highest BCUT2D eigenvalue weighted by Gasteiger charge is 2.28. The third-order valence-corrected chi connectivity index (χ3v) is 5.69. The fourth-order valence-corrected chi connectivity index (χ4v) is 4.11. The number of carbonyl (C=O) groups excluding carboxylic acids is 1. The van der Waals surface area contributed by atoms with Gasteiger partial charge < -0.3 is 4.90 Å². The fraction of sp³-hybridized carbons (Fsp3) is 0.250. The molecule has 1 aromatic carbocycles. The van der Waals surface area contributed by atoms with Gasteiger partial charge in [0.1, 0.15) is 11.5 Å². The van der Waals surface area contributed by atoms with Gasteiger partial charge in [-0.15, -0.1) is 0 Å². The average molecular weight is 415 g/mol. The highest BCUT2D eigenvalue weighted by Crippen LogP contribution is 2.27. The summed E-state index contributed by atoms with van der Waals surface area (Å²) in [7, 11) is 0. The first-order valence-electron chi connectivity index (χ1n) is 10.4. The Bertz CT molecular complexity index is 1270. The zero-order valence-electron chi connectivity index (χ0n) is 17.2. The Balaban J connectivity index is 1.39. The SMILES string of the molecule is Cc1cccc(C(=O)N2CCC[C@H](c3nc4ccc(-c5cccc(F)c5)cn4n3)C2)n1. The van der Waals surface area contributed by atoms with Gasteiger partial charge in [-0.05, 0) is 61.7 Å². The lowest BCUT2D eigenvalue weighted by Gasteiger charge is -2.31. The molecule has 1 aliphatic rings. The van der Waals surface area contributed by atoms with Gasteiger partial charge in [-0.2, -0.15) is 5.10 Å². The highest BCUT2D eigenvalue weighted by atomic mass is 19.1. The minimum Gasteiger partial charge on any atom is -0.337 e. The monoisotopic (exact) mass is 415 g/mol. The van der Waals surface area contributed by atoms with Crippen LogP contribution in [0, 0.1) is 12.7 Å². The maximum absolute atomic E-state index is 13.6. The zero-order chi connectivity index (χ0) is 21.4. The molecule has 5 rings (SSSR count). The minimum atomic E-state index is -0.271. The van der Waals surface area contributed by atoms with Gasteiger partial charge in [0, 0.05) is 36.5 Å². The number of amides is 1. The van der Waals surface area contributed by atoms with Gasteiger partial charge in [0.05, 0.1) is 0 Å². The molecule has 0 unspecified atom stereocenters. The van der Waals surface area contributed by atoms with Gasteiger partial charge in [0.2, 0.25) is 0 Å². The van der Waals surface area contributed by atoms with Crippen molar-refractivity contribution >= 4 is 11.6 Å². The Morgan fingerprint density at radius 2 is 1.94 bits per heavy atom. The van der Waals surface area contributed by atoms with E-state index in [-0.39, 0.29) is 17.6 Å². The molecule has 1 aliphatic heterocycles. The van der Waals surface area contributed by atoms with E-state index in [1.54, 1.807) is 16.6 Å². The van der Waals surface area contributed by atoms with Crippen LogP contribution in [-0.2, 0) is 0 Å². The first-order valence-corrected chi connectivity index (χ1v) is 10.4. The van der Waals surface area contributed by atoms with Crippen LogP contribution in [0.2, 0.25) is 0 Å². The Hall–Kier alpha value is -3.61. The molecule has 3 aromatic heterocycles. The number of nitrogens with zero attached hydrogens (tertiary/aromatic N) is 5. The number of aromatic nitrogens is 4. The van der Waals surface area contributed by atoms with Crippen LogP contribution in [0.25, 0.3) is 16.8 Å². The molecule has 0 spiro atoms. The van der Waals surface area contributed by atoms with Crippen LogP contribution in [0.1, 0.15) is 40.8 Å². The molecule has 1 amide bonds. The average Bonchev–Trinajstić information content (AvgIpc) is 3.22. The molecule has 1 fully saturated rings. The molecule has 0 N–H and O–H groups in total. The molecule has 1 atom stereocenters. The highest BCUT2D eigenvalue weighted by molar-refractivity contribution is 5.92. The lowest BCUT2D eigenvalue weighted by molar-refractivity contribution is 0.0698. The number of rotatable bonds is 3. The van der Waals surface area contributed by atoms with Crippen LogP contribution in [0.3, 0.4) is 0 Å². The second kappa shape index (κ2) is 7.91. The van der Waals surface area contributed by atoms with E-state index in [9.17, 15) is 9.18 Å². The predicted molar refractivity (Wildman–Crippen MR) is 115 cm³/mol. The standard InChI is InChI=1S/C24H22FN5O/c1-16-5-2-9-21(26-16)24(31)29-12-4-7-19(14-29)23-27-22-11-10-18(15-30(22)28-23)17-6-3-8-20(25)13-17/h2-3,5-6,8-11,13,15,19H,4,7,12,14H2,1H3/t19-/m0/s1. The number of aryl methyl sites for hydroxylation is 1. The Kier molecular flexibility index (Phi) is 4.94. The van der Waals surface area contributed by atoms with Crippen molar-refractivity contribution in [3.05, 3.63) is 83.8 Å². The number of fused-ring (bicyclic) bond motifs is 1. The van der Waals surface area contributed by atoms with Crippen molar-refractivity contribution in [2.75, 3.05) is 13.1 Å².